The minimum absolute atomic E-state index is 0.273. The molecule has 1 saturated heterocycles. The van der Waals surface area contributed by atoms with E-state index in [-0.39, 0.29) is 11.9 Å². The zero-order valence-corrected chi connectivity index (χ0v) is 17.3. The summed E-state index contributed by atoms with van der Waals surface area (Å²) < 4.78 is 10.6. The van der Waals surface area contributed by atoms with Crippen molar-refractivity contribution >= 4 is 33.3 Å². The molecule has 148 valence electrons. The molecule has 0 bridgehead atoms. The predicted molar refractivity (Wildman–Crippen MR) is 106 cm³/mol. The van der Waals surface area contributed by atoms with Crippen molar-refractivity contribution in [3.63, 3.8) is 0 Å². The number of hydrogen-bond donors (Lipinski definition) is 0. The van der Waals surface area contributed by atoms with Gasteiger partial charge in [0.1, 0.15) is 21.3 Å². The normalized spacial score (nSPS) is 15.4. The van der Waals surface area contributed by atoms with Crippen LogP contribution in [0.5, 0.6) is 0 Å². The molecule has 28 heavy (non-hydrogen) atoms. The Morgan fingerprint density at radius 3 is 2.57 bits per heavy atom. The van der Waals surface area contributed by atoms with Crippen LogP contribution in [0, 0.1) is 20.8 Å². The van der Waals surface area contributed by atoms with E-state index < -0.39 is 0 Å². The van der Waals surface area contributed by atoms with E-state index in [0.717, 1.165) is 53.4 Å². The molecule has 0 N–H and O–H groups in total. The fourth-order valence-corrected chi connectivity index (χ4v) is 4.77. The molecule has 0 unspecified atom stereocenters. The molecule has 3 aromatic rings. The molecule has 4 heterocycles. The molecule has 1 fully saturated rings. The zero-order valence-electron chi connectivity index (χ0n) is 16.5. The van der Waals surface area contributed by atoms with E-state index in [1.807, 2.05) is 27.7 Å². The SMILES string of the molecule is CCOC(=O)c1sc2nc(C)nc(N3CCC(c4nc(C)no4)CC3)c2c1C. The maximum absolute atomic E-state index is 12.3. The monoisotopic (exact) mass is 401 g/mol. The van der Waals surface area contributed by atoms with Crippen molar-refractivity contribution in [3.8, 4) is 0 Å². The third kappa shape index (κ3) is 3.34. The smallest absolute Gasteiger partial charge is 0.348 e. The van der Waals surface area contributed by atoms with Crippen LogP contribution in [0.4, 0.5) is 5.82 Å². The van der Waals surface area contributed by atoms with Gasteiger partial charge in [0, 0.05) is 19.0 Å². The number of ether oxygens (including phenoxy) is 1. The van der Waals surface area contributed by atoms with Crippen molar-refractivity contribution in [2.75, 3.05) is 24.6 Å². The van der Waals surface area contributed by atoms with Gasteiger partial charge in [-0.05, 0) is 46.1 Å². The highest BCUT2D eigenvalue weighted by Crippen LogP contribution is 2.38. The minimum Gasteiger partial charge on any atom is -0.462 e. The summed E-state index contributed by atoms with van der Waals surface area (Å²) in [5, 5.41) is 4.85. The van der Waals surface area contributed by atoms with Crippen LogP contribution in [-0.4, -0.2) is 45.8 Å². The lowest BCUT2D eigenvalue weighted by Crippen LogP contribution is -2.34. The minimum atomic E-state index is -0.294. The Bertz CT molecular complexity index is 1020. The van der Waals surface area contributed by atoms with Gasteiger partial charge in [0.15, 0.2) is 5.82 Å². The molecule has 0 aliphatic carbocycles. The van der Waals surface area contributed by atoms with E-state index >= 15 is 0 Å². The van der Waals surface area contributed by atoms with Crippen molar-refractivity contribution in [1.29, 1.82) is 0 Å². The van der Waals surface area contributed by atoms with Gasteiger partial charge in [-0.2, -0.15) is 4.98 Å². The van der Waals surface area contributed by atoms with Gasteiger partial charge in [-0.15, -0.1) is 11.3 Å². The molecule has 0 spiro atoms. The summed E-state index contributed by atoms with van der Waals surface area (Å²) in [7, 11) is 0. The second-order valence-electron chi connectivity index (χ2n) is 6.99. The van der Waals surface area contributed by atoms with Gasteiger partial charge in [-0.25, -0.2) is 14.8 Å². The molecule has 0 amide bonds. The summed E-state index contributed by atoms with van der Waals surface area (Å²) >= 11 is 1.38. The molecule has 0 radical (unpaired) electrons. The number of thiophene rings is 1. The van der Waals surface area contributed by atoms with Crippen LogP contribution in [0.1, 0.15) is 58.5 Å². The Balaban J connectivity index is 1.64. The Hall–Kier alpha value is -2.55. The van der Waals surface area contributed by atoms with Gasteiger partial charge in [-0.3, -0.25) is 0 Å². The molecule has 0 atom stereocenters. The topological polar surface area (TPSA) is 94.2 Å². The molecule has 3 aromatic heterocycles. The fraction of sp³-hybridized carbons (Fsp3) is 0.526. The van der Waals surface area contributed by atoms with Crippen molar-refractivity contribution in [2.45, 2.75) is 46.5 Å². The molecule has 1 aliphatic rings. The van der Waals surface area contributed by atoms with Crippen molar-refractivity contribution < 1.29 is 14.1 Å². The maximum Gasteiger partial charge on any atom is 0.348 e. The third-order valence-corrected chi connectivity index (χ3v) is 6.20. The number of nitrogens with zero attached hydrogens (tertiary/aromatic N) is 5. The van der Waals surface area contributed by atoms with Crippen molar-refractivity contribution in [1.82, 2.24) is 20.1 Å². The van der Waals surface area contributed by atoms with E-state index in [2.05, 4.69) is 20.0 Å². The summed E-state index contributed by atoms with van der Waals surface area (Å²) in [5.74, 6) is 2.97. The molecule has 1 aliphatic heterocycles. The van der Waals surface area contributed by atoms with Crippen LogP contribution < -0.4 is 4.90 Å². The van der Waals surface area contributed by atoms with E-state index in [1.165, 1.54) is 11.3 Å². The first kappa shape index (κ1) is 18.8. The average molecular weight is 401 g/mol. The number of aryl methyl sites for hydroxylation is 3. The van der Waals surface area contributed by atoms with Crippen LogP contribution in [0.2, 0.25) is 0 Å². The quantitative estimate of drug-likeness (QED) is 0.613. The number of esters is 1. The van der Waals surface area contributed by atoms with E-state index in [1.54, 1.807) is 0 Å². The van der Waals surface area contributed by atoms with Crippen LogP contribution in [0.15, 0.2) is 4.52 Å². The Labute approximate surface area is 166 Å². The number of carbonyl (C=O) groups is 1. The van der Waals surface area contributed by atoms with Gasteiger partial charge in [0.2, 0.25) is 5.89 Å². The Kier molecular flexibility index (Phi) is 5.01. The zero-order chi connectivity index (χ0) is 19.8. The molecule has 0 saturated carbocycles. The summed E-state index contributed by atoms with van der Waals surface area (Å²) in [6, 6.07) is 0. The Morgan fingerprint density at radius 2 is 1.93 bits per heavy atom. The first-order valence-corrected chi connectivity index (χ1v) is 10.3. The number of anilines is 1. The second kappa shape index (κ2) is 7.46. The van der Waals surface area contributed by atoms with E-state index in [4.69, 9.17) is 14.2 Å². The second-order valence-corrected chi connectivity index (χ2v) is 7.99. The number of carbonyl (C=O) groups excluding carboxylic acids is 1. The van der Waals surface area contributed by atoms with E-state index in [9.17, 15) is 4.79 Å². The lowest BCUT2D eigenvalue weighted by molar-refractivity contribution is 0.0531. The number of piperidine rings is 1. The molecular weight excluding hydrogens is 378 g/mol. The Morgan fingerprint density at radius 1 is 1.18 bits per heavy atom. The van der Waals surface area contributed by atoms with Gasteiger partial charge in [-0.1, -0.05) is 5.16 Å². The summed E-state index contributed by atoms with van der Waals surface area (Å²) in [4.78, 5) is 29.7. The van der Waals surface area contributed by atoms with Gasteiger partial charge in [0.05, 0.1) is 12.0 Å². The van der Waals surface area contributed by atoms with Gasteiger partial charge < -0.3 is 14.2 Å². The first-order chi connectivity index (χ1) is 13.5. The standard InChI is InChI=1S/C19H23N5O3S/c1-5-26-19(25)15-10(2)14-16(20-11(3)22-18(14)28-15)24-8-6-13(7-9-24)17-21-12(4)23-27-17/h13H,5-9H2,1-4H3. The molecule has 4 rings (SSSR count). The van der Waals surface area contributed by atoms with Crippen LogP contribution in [-0.2, 0) is 4.74 Å². The van der Waals surface area contributed by atoms with Crippen LogP contribution in [0.25, 0.3) is 10.2 Å². The van der Waals surface area contributed by atoms with Crippen LogP contribution >= 0.6 is 11.3 Å². The fourth-order valence-electron chi connectivity index (χ4n) is 3.66. The predicted octanol–water partition coefficient (Wildman–Crippen LogP) is 3.56. The number of fused-ring (bicyclic) bond motifs is 1. The highest BCUT2D eigenvalue weighted by Gasteiger charge is 2.28. The highest BCUT2D eigenvalue weighted by molar-refractivity contribution is 7.20. The lowest BCUT2D eigenvalue weighted by Gasteiger charge is -2.31. The maximum atomic E-state index is 12.3. The largest absolute Gasteiger partial charge is 0.462 e. The number of aromatic nitrogens is 4. The summed E-state index contributed by atoms with van der Waals surface area (Å²) in [5.41, 5.74) is 0.892. The molecule has 9 heteroatoms. The number of rotatable bonds is 4. The molecular formula is C19H23N5O3S. The summed E-state index contributed by atoms with van der Waals surface area (Å²) in [6.45, 7) is 9.50. The van der Waals surface area contributed by atoms with Crippen molar-refractivity contribution in [3.05, 3.63) is 28.0 Å². The van der Waals surface area contributed by atoms with Gasteiger partial charge >= 0.3 is 5.97 Å². The van der Waals surface area contributed by atoms with Gasteiger partial charge in [0.25, 0.3) is 0 Å². The molecule has 8 nitrogen and oxygen atoms in total. The van der Waals surface area contributed by atoms with E-state index in [0.29, 0.717) is 23.1 Å². The number of hydrogen-bond acceptors (Lipinski definition) is 9. The first-order valence-electron chi connectivity index (χ1n) is 9.48. The highest BCUT2D eigenvalue weighted by atomic mass is 32.1. The third-order valence-electron chi connectivity index (χ3n) is 5.03. The summed E-state index contributed by atoms with van der Waals surface area (Å²) in [6.07, 6.45) is 1.83. The van der Waals surface area contributed by atoms with Crippen LogP contribution in [0.3, 0.4) is 0 Å². The molecule has 0 aromatic carbocycles. The van der Waals surface area contributed by atoms with Crippen molar-refractivity contribution in [2.24, 2.45) is 0 Å². The average Bonchev–Trinajstić information content (AvgIpc) is 3.25. The lowest BCUT2D eigenvalue weighted by atomic mass is 9.96.